The summed E-state index contributed by atoms with van der Waals surface area (Å²) in [5.74, 6) is -2.61. The smallest absolute Gasteiger partial charge is 0.416 e. The molecule has 8 nitrogen and oxygen atoms in total. The molecule has 0 N–H and O–H groups in total. The van der Waals surface area contributed by atoms with Crippen molar-refractivity contribution < 1.29 is 46.5 Å². The van der Waals surface area contributed by atoms with Gasteiger partial charge in [0, 0.05) is 25.6 Å². The van der Waals surface area contributed by atoms with E-state index in [-0.39, 0.29) is 35.3 Å². The number of carbonyl (C=O) groups excluding carboxylic acids is 3. The fraction of sp³-hybridized carbons (Fsp3) is 0.500. The summed E-state index contributed by atoms with van der Waals surface area (Å²) in [7, 11) is 1.35. The van der Waals surface area contributed by atoms with Gasteiger partial charge in [0.15, 0.2) is 17.2 Å². The molecule has 39 heavy (non-hydrogen) atoms. The maximum Gasteiger partial charge on any atom is 0.416 e. The van der Waals surface area contributed by atoms with Gasteiger partial charge in [0.05, 0.1) is 18.6 Å². The molecule has 11 heteroatoms. The second-order valence-corrected chi connectivity index (χ2v) is 9.14. The number of benzene rings is 1. The number of pyridine rings is 1. The largest absolute Gasteiger partial charge is 0.493 e. The molecule has 2 aromatic rings. The Morgan fingerprint density at radius 3 is 2.13 bits per heavy atom. The van der Waals surface area contributed by atoms with Crippen LogP contribution in [-0.2, 0) is 20.5 Å². The van der Waals surface area contributed by atoms with Crippen molar-refractivity contribution in [1.29, 1.82) is 0 Å². The first kappa shape index (κ1) is 31.6. The number of carbonyl (C=O) groups is 3. The molecule has 1 heterocycles. The van der Waals surface area contributed by atoms with Crippen LogP contribution in [0.4, 0.5) is 13.2 Å². The van der Waals surface area contributed by atoms with Gasteiger partial charge in [0.2, 0.25) is 5.75 Å². The lowest BCUT2D eigenvalue weighted by Crippen LogP contribution is -2.40. The average Bonchev–Trinajstić information content (AvgIpc) is 2.88. The molecule has 0 aliphatic heterocycles. The van der Waals surface area contributed by atoms with Crippen LogP contribution in [0.15, 0.2) is 36.5 Å². The summed E-state index contributed by atoms with van der Waals surface area (Å²) in [6.45, 7) is 8.21. The van der Waals surface area contributed by atoms with Crippen molar-refractivity contribution >= 4 is 17.7 Å². The van der Waals surface area contributed by atoms with E-state index in [0.717, 1.165) is 12.1 Å². The van der Waals surface area contributed by atoms with Crippen LogP contribution < -0.4 is 14.2 Å². The molecule has 0 saturated carbocycles. The molecule has 0 amide bonds. The molecular formula is C28H34F3NO7. The quantitative estimate of drug-likeness (QED) is 0.218. The first-order chi connectivity index (χ1) is 18.3. The van der Waals surface area contributed by atoms with Crippen LogP contribution in [0.3, 0.4) is 0 Å². The minimum Gasteiger partial charge on any atom is -0.493 e. The Hall–Kier alpha value is -3.63. The second kappa shape index (κ2) is 14.0. The molecule has 3 atom stereocenters. The van der Waals surface area contributed by atoms with Crippen molar-refractivity contribution in [2.75, 3.05) is 7.11 Å². The number of ether oxygens (including phenoxy) is 4. The predicted molar refractivity (Wildman–Crippen MR) is 136 cm³/mol. The Bertz CT molecular complexity index is 1130. The monoisotopic (exact) mass is 553 g/mol. The van der Waals surface area contributed by atoms with Crippen molar-refractivity contribution in [3.63, 3.8) is 0 Å². The van der Waals surface area contributed by atoms with Gasteiger partial charge in [-0.2, -0.15) is 13.2 Å². The first-order valence-electron chi connectivity index (χ1n) is 12.6. The summed E-state index contributed by atoms with van der Waals surface area (Å²) < 4.78 is 60.7. The normalized spacial score (nSPS) is 13.8. The molecule has 0 aliphatic carbocycles. The number of methoxy groups -OCH3 is 1. The van der Waals surface area contributed by atoms with Crippen LogP contribution in [-0.4, -0.2) is 42.0 Å². The number of halogens is 3. The van der Waals surface area contributed by atoms with Crippen LogP contribution in [0.1, 0.15) is 69.9 Å². The van der Waals surface area contributed by atoms with Gasteiger partial charge in [-0.25, -0.2) is 4.98 Å². The van der Waals surface area contributed by atoms with Gasteiger partial charge >= 0.3 is 18.1 Å². The van der Waals surface area contributed by atoms with Gasteiger partial charge in [-0.15, -0.1) is 0 Å². The van der Waals surface area contributed by atoms with Crippen molar-refractivity contribution in [3.05, 3.63) is 47.8 Å². The van der Waals surface area contributed by atoms with Gasteiger partial charge in [-0.1, -0.05) is 20.8 Å². The SMILES string of the molecule is CCC(CC)[C@@H](Oc1ccc(C(F)(F)F)cc1)[C@H](C)OC(=O)[C@H](C)CC(=O)c1nccc(OC)c1OC(C)=O. The summed E-state index contributed by atoms with van der Waals surface area (Å²) >= 11 is 0. The fourth-order valence-electron chi connectivity index (χ4n) is 4.06. The van der Waals surface area contributed by atoms with E-state index in [9.17, 15) is 27.6 Å². The Morgan fingerprint density at radius 2 is 1.62 bits per heavy atom. The third kappa shape index (κ3) is 8.69. The number of hydrogen-bond acceptors (Lipinski definition) is 8. The van der Waals surface area contributed by atoms with Crippen molar-refractivity contribution in [2.45, 2.75) is 72.3 Å². The molecule has 0 fully saturated rings. The molecule has 0 spiro atoms. The predicted octanol–water partition coefficient (Wildman–Crippen LogP) is 6.06. The fourth-order valence-corrected chi connectivity index (χ4v) is 4.06. The molecule has 0 bridgehead atoms. The number of alkyl halides is 3. The zero-order chi connectivity index (χ0) is 29.3. The first-order valence-corrected chi connectivity index (χ1v) is 12.6. The molecule has 1 aromatic carbocycles. The zero-order valence-electron chi connectivity index (χ0n) is 22.8. The van der Waals surface area contributed by atoms with Gasteiger partial charge in [-0.05, 0) is 49.9 Å². The topological polar surface area (TPSA) is 101 Å². The molecule has 0 unspecified atom stereocenters. The molecule has 1 aromatic heterocycles. The summed E-state index contributed by atoms with van der Waals surface area (Å²) in [6, 6.07) is 5.76. The van der Waals surface area contributed by atoms with E-state index in [1.807, 2.05) is 13.8 Å². The second-order valence-electron chi connectivity index (χ2n) is 9.14. The van der Waals surface area contributed by atoms with E-state index in [2.05, 4.69) is 4.98 Å². The van der Waals surface area contributed by atoms with Crippen LogP contribution in [0.2, 0.25) is 0 Å². The lowest BCUT2D eigenvalue weighted by atomic mass is 9.92. The standard InChI is InChI=1S/C28H34F3NO7/c1-7-19(8-2)25(39-21-11-9-20(10-12-21)28(29,30)31)17(4)37-27(35)16(3)15-22(34)24-26(38-18(5)33)23(36-6)13-14-32-24/h9-14,16-17,19,25H,7-8,15H2,1-6H3/t16-,17+,25+/m1/s1. The summed E-state index contributed by atoms with van der Waals surface area (Å²) in [5, 5.41) is 0. The Balaban J connectivity index is 2.16. The van der Waals surface area contributed by atoms with Crippen molar-refractivity contribution in [1.82, 2.24) is 4.98 Å². The zero-order valence-corrected chi connectivity index (χ0v) is 22.8. The minimum atomic E-state index is -4.47. The van der Waals surface area contributed by atoms with E-state index in [4.69, 9.17) is 18.9 Å². The Morgan fingerprint density at radius 1 is 1.00 bits per heavy atom. The van der Waals surface area contributed by atoms with Crippen LogP contribution in [0.25, 0.3) is 0 Å². The maximum atomic E-state index is 13.0. The number of hydrogen-bond donors (Lipinski definition) is 0. The molecule has 0 radical (unpaired) electrons. The number of Topliss-reactive ketones (excluding diaryl/α,β-unsaturated/α-hetero) is 1. The highest BCUT2D eigenvalue weighted by atomic mass is 19.4. The highest BCUT2D eigenvalue weighted by Crippen LogP contribution is 2.33. The third-order valence-corrected chi connectivity index (χ3v) is 6.22. The van der Waals surface area contributed by atoms with Crippen molar-refractivity contribution in [2.24, 2.45) is 11.8 Å². The molecule has 214 valence electrons. The number of ketones is 1. The number of rotatable bonds is 13. The van der Waals surface area contributed by atoms with E-state index >= 15 is 0 Å². The van der Waals surface area contributed by atoms with Crippen molar-refractivity contribution in [3.8, 4) is 17.2 Å². The number of esters is 2. The van der Waals surface area contributed by atoms with Gasteiger partial charge in [0.25, 0.3) is 0 Å². The van der Waals surface area contributed by atoms with Gasteiger partial charge in [-0.3, -0.25) is 14.4 Å². The third-order valence-electron chi connectivity index (χ3n) is 6.22. The van der Waals surface area contributed by atoms with E-state index in [0.29, 0.717) is 12.8 Å². The highest BCUT2D eigenvalue weighted by Gasteiger charge is 2.33. The number of aromatic nitrogens is 1. The molecule has 2 rings (SSSR count). The van der Waals surface area contributed by atoms with E-state index < -0.39 is 47.6 Å². The maximum absolute atomic E-state index is 13.0. The Kier molecular flexibility index (Phi) is 11.3. The van der Waals surface area contributed by atoms with Gasteiger partial charge < -0.3 is 18.9 Å². The van der Waals surface area contributed by atoms with E-state index in [1.54, 1.807) is 6.92 Å². The number of nitrogens with zero attached hydrogens (tertiary/aromatic N) is 1. The lowest BCUT2D eigenvalue weighted by Gasteiger charge is -2.31. The average molecular weight is 554 g/mol. The van der Waals surface area contributed by atoms with Crippen LogP contribution in [0, 0.1) is 11.8 Å². The summed E-state index contributed by atoms with van der Waals surface area (Å²) in [6.07, 6.45) is -3.48. The van der Waals surface area contributed by atoms with E-state index in [1.165, 1.54) is 45.4 Å². The summed E-state index contributed by atoms with van der Waals surface area (Å²) in [4.78, 5) is 41.4. The molecule has 0 saturated heterocycles. The minimum absolute atomic E-state index is 0.0562. The molecular weight excluding hydrogens is 519 g/mol. The highest BCUT2D eigenvalue weighted by molar-refractivity contribution is 5.99. The Labute approximate surface area is 225 Å². The summed E-state index contributed by atoms with van der Waals surface area (Å²) in [5.41, 5.74) is -0.952. The molecule has 0 aliphatic rings. The van der Waals surface area contributed by atoms with Crippen LogP contribution >= 0.6 is 0 Å². The van der Waals surface area contributed by atoms with Gasteiger partial charge in [0.1, 0.15) is 18.0 Å². The lowest BCUT2D eigenvalue weighted by molar-refractivity contribution is -0.159. The van der Waals surface area contributed by atoms with Crippen LogP contribution in [0.5, 0.6) is 17.2 Å².